The molecule has 7 nitrogen and oxygen atoms in total. The van der Waals surface area contributed by atoms with Gasteiger partial charge in [-0.25, -0.2) is 13.2 Å². The number of aromatic carboxylic acids is 1. The van der Waals surface area contributed by atoms with Crippen molar-refractivity contribution in [3.8, 4) is 0 Å². The summed E-state index contributed by atoms with van der Waals surface area (Å²) in [4.78, 5) is 14.9. The number of hydrogen-bond donors (Lipinski definition) is 3. The molecule has 1 aromatic carbocycles. The quantitative estimate of drug-likeness (QED) is 0.778. The van der Waals surface area contributed by atoms with E-state index < -0.39 is 16.0 Å². The van der Waals surface area contributed by atoms with Gasteiger partial charge in [-0.3, -0.25) is 4.72 Å². The number of sulfonamides is 1. The molecule has 0 aliphatic carbocycles. The second-order valence-corrected chi connectivity index (χ2v) is 6.28. The Bertz CT molecular complexity index is 748. The van der Waals surface area contributed by atoms with Gasteiger partial charge in [-0.15, -0.1) is 0 Å². The number of hydrogen-bond acceptors (Lipinski definition) is 4. The van der Waals surface area contributed by atoms with Crippen molar-refractivity contribution in [3.05, 3.63) is 42.2 Å². The van der Waals surface area contributed by atoms with E-state index in [0.717, 1.165) is 18.0 Å². The summed E-state index contributed by atoms with van der Waals surface area (Å²) in [5.41, 5.74) is 1.16. The van der Waals surface area contributed by atoms with Gasteiger partial charge in [-0.2, -0.15) is 0 Å². The van der Waals surface area contributed by atoms with Crippen molar-refractivity contribution < 1.29 is 18.3 Å². The fourth-order valence-corrected chi connectivity index (χ4v) is 2.75. The van der Waals surface area contributed by atoms with E-state index in [1.807, 2.05) is 19.0 Å². The van der Waals surface area contributed by atoms with Crippen LogP contribution in [0.4, 0.5) is 11.4 Å². The Morgan fingerprint density at radius 1 is 1.24 bits per heavy atom. The Labute approximate surface area is 122 Å². The lowest BCUT2D eigenvalue weighted by atomic mass is 10.3. The van der Waals surface area contributed by atoms with Gasteiger partial charge in [0.1, 0.15) is 10.6 Å². The molecule has 0 unspecified atom stereocenters. The highest BCUT2D eigenvalue weighted by atomic mass is 32.2. The van der Waals surface area contributed by atoms with Gasteiger partial charge in [-0.1, -0.05) is 0 Å². The molecule has 21 heavy (non-hydrogen) atoms. The van der Waals surface area contributed by atoms with Crippen LogP contribution in [0.5, 0.6) is 0 Å². The number of carbonyl (C=O) groups is 1. The Balaban J connectivity index is 2.22. The van der Waals surface area contributed by atoms with Gasteiger partial charge in [0.25, 0.3) is 10.0 Å². The van der Waals surface area contributed by atoms with Crippen molar-refractivity contribution in [2.24, 2.45) is 0 Å². The van der Waals surface area contributed by atoms with Crippen LogP contribution in [-0.2, 0) is 10.0 Å². The van der Waals surface area contributed by atoms with Crippen molar-refractivity contribution >= 4 is 27.4 Å². The first-order valence-corrected chi connectivity index (χ1v) is 7.50. The number of carboxylic acids is 1. The summed E-state index contributed by atoms with van der Waals surface area (Å²) in [7, 11) is -0.0546. The fraction of sp³-hybridized carbons (Fsp3) is 0.154. The van der Waals surface area contributed by atoms with Crippen LogP contribution in [0.15, 0.2) is 41.4 Å². The summed E-state index contributed by atoms with van der Waals surface area (Å²) >= 11 is 0. The first kappa shape index (κ1) is 14.9. The van der Waals surface area contributed by atoms with Crippen LogP contribution in [0.2, 0.25) is 0 Å². The minimum Gasteiger partial charge on any atom is -0.477 e. The maximum absolute atomic E-state index is 12.1. The van der Waals surface area contributed by atoms with E-state index in [1.54, 1.807) is 24.3 Å². The topological polar surface area (TPSA) is 103 Å². The average Bonchev–Trinajstić information content (AvgIpc) is 2.89. The fourth-order valence-electron chi connectivity index (χ4n) is 1.69. The molecule has 0 saturated heterocycles. The largest absolute Gasteiger partial charge is 0.477 e. The SMILES string of the molecule is CN(C)c1ccc(NS(=O)(=O)c2c[nH]c(C(=O)O)c2)cc1. The molecule has 1 heterocycles. The van der Waals surface area contributed by atoms with E-state index in [0.29, 0.717) is 5.69 Å². The predicted molar refractivity (Wildman–Crippen MR) is 79.3 cm³/mol. The van der Waals surface area contributed by atoms with E-state index >= 15 is 0 Å². The van der Waals surface area contributed by atoms with Crippen LogP contribution in [0.1, 0.15) is 10.5 Å². The Morgan fingerprint density at radius 3 is 2.33 bits per heavy atom. The molecular weight excluding hydrogens is 294 g/mol. The van der Waals surface area contributed by atoms with Crippen LogP contribution in [0.25, 0.3) is 0 Å². The lowest BCUT2D eigenvalue weighted by Gasteiger charge is -2.13. The summed E-state index contributed by atoms with van der Waals surface area (Å²) in [5.74, 6) is -1.22. The molecule has 112 valence electrons. The summed E-state index contributed by atoms with van der Waals surface area (Å²) in [6.07, 6.45) is 1.14. The lowest BCUT2D eigenvalue weighted by Crippen LogP contribution is -2.13. The third kappa shape index (κ3) is 3.34. The van der Waals surface area contributed by atoms with Crippen molar-refractivity contribution in [2.45, 2.75) is 4.90 Å². The number of rotatable bonds is 5. The highest BCUT2D eigenvalue weighted by Crippen LogP contribution is 2.20. The van der Waals surface area contributed by atoms with Gasteiger partial charge >= 0.3 is 5.97 Å². The van der Waals surface area contributed by atoms with Crippen LogP contribution in [0, 0.1) is 0 Å². The number of carboxylic acid groups (broad SMARTS) is 1. The molecule has 2 aromatic rings. The summed E-state index contributed by atoms with van der Waals surface area (Å²) in [6, 6.07) is 7.89. The highest BCUT2D eigenvalue weighted by Gasteiger charge is 2.18. The van der Waals surface area contributed by atoms with Gasteiger partial charge in [0.05, 0.1) is 0 Å². The molecule has 0 bridgehead atoms. The number of aromatic nitrogens is 1. The monoisotopic (exact) mass is 309 g/mol. The molecule has 0 fully saturated rings. The summed E-state index contributed by atoms with van der Waals surface area (Å²) in [6.45, 7) is 0. The Morgan fingerprint density at radius 2 is 1.86 bits per heavy atom. The van der Waals surface area contributed by atoms with E-state index in [-0.39, 0.29) is 10.6 Å². The van der Waals surface area contributed by atoms with Crippen LogP contribution < -0.4 is 9.62 Å². The molecule has 0 radical (unpaired) electrons. The van der Waals surface area contributed by atoms with Gasteiger partial charge in [0.15, 0.2) is 0 Å². The van der Waals surface area contributed by atoms with E-state index in [4.69, 9.17) is 5.11 Å². The standard InChI is InChI=1S/C13H15N3O4S/c1-16(2)10-5-3-9(4-6-10)15-21(19,20)11-7-12(13(17)18)14-8-11/h3-8,14-15H,1-2H3,(H,17,18). The first-order valence-electron chi connectivity index (χ1n) is 6.01. The smallest absolute Gasteiger partial charge is 0.352 e. The third-order valence-electron chi connectivity index (χ3n) is 2.83. The van der Waals surface area contributed by atoms with E-state index in [9.17, 15) is 13.2 Å². The van der Waals surface area contributed by atoms with Gasteiger partial charge in [0, 0.05) is 31.7 Å². The first-order chi connectivity index (χ1) is 9.79. The molecule has 0 atom stereocenters. The van der Waals surface area contributed by atoms with Gasteiger partial charge in [-0.05, 0) is 30.3 Å². The van der Waals surface area contributed by atoms with E-state index in [2.05, 4.69) is 9.71 Å². The van der Waals surface area contributed by atoms with E-state index in [1.165, 1.54) is 0 Å². The summed E-state index contributed by atoms with van der Waals surface area (Å²) in [5, 5.41) is 8.79. The zero-order valence-electron chi connectivity index (χ0n) is 11.5. The minimum absolute atomic E-state index is 0.128. The van der Waals surface area contributed by atoms with Crippen LogP contribution in [0.3, 0.4) is 0 Å². The average molecular weight is 309 g/mol. The van der Waals surface area contributed by atoms with Crippen molar-refractivity contribution in [1.82, 2.24) is 4.98 Å². The number of aromatic amines is 1. The molecule has 0 amide bonds. The highest BCUT2D eigenvalue weighted by molar-refractivity contribution is 7.92. The molecule has 2 rings (SSSR count). The maximum atomic E-state index is 12.1. The third-order valence-corrected chi connectivity index (χ3v) is 4.19. The zero-order chi connectivity index (χ0) is 15.6. The molecule has 0 saturated carbocycles. The number of nitrogens with one attached hydrogen (secondary N) is 2. The van der Waals surface area contributed by atoms with Crippen molar-refractivity contribution in [3.63, 3.8) is 0 Å². The van der Waals surface area contributed by atoms with Gasteiger partial charge in [0.2, 0.25) is 0 Å². The molecule has 3 N–H and O–H groups in total. The molecule has 0 spiro atoms. The Kier molecular flexibility index (Phi) is 3.90. The number of H-pyrrole nitrogens is 1. The minimum atomic E-state index is -3.82. The summed E-state index contributed by atoms with van der Waals surface area (Å²) < 4.78 is 26.6. The lowest BCUT2D eigenvalue weighted by molar-refractivity contribution is 0.0691. The van der Waals surface area contributed by atoms with Gasteiger partial charge < -0.3 is 15.0 Å². The number of nitrogens with zero attached hydrogens (tertiary/aromatic N) is 1. The van der Waals surface area contributed by atoms with Crippen LogP contribution >= 0.6 is 0 Å². The van der Waals surface area contributed by atoms with Crippen molar-refractivity contribution in [2.75, 3.05) is 23.7 Å². The Hall–Kier alpha value is -2.48. The molecule has 0 aliphatic rings. The second kappa shape index (κ2) is 5.49. The molecule has 8 heteroatoms. The molecule has 1 aromatic heterocycles. The zero-order valence-corrected chi connectivity index (χ0v) is 12.3. The molecule has 0 aliphatic heterocycles. The number of benzene rings is 1. The second-order valence-electron chi connectivity index (χ2n) is 4.60. The predicted octanol–water partition coefficient (Wildman–Crippen LogP) is 1.58. The normalized spacial score (nSPS) is 11.1. The maximum Gasteiger partial charge on any atom is 0.352 e. The van der Waals surface area contributed by atoms with Crippen LogP contribution in [-0.4, -0.2) is 38.6 Å². The number of anilines is 2. The molecular formula is C13H15N3O4S. The van der Waals surface area contributed by atoms with Crippen molar-refractivity contribution in [1.29, 1.82) is 0 Å².